The molecular formula is C22H32N4O3S. The van der Waals surface area contributed by atoms with Gasteiger partial charge in [0.05, 0.1) is 5.39 Å². The van der Waals surface area contributed by atoms with E-state index in [9.17, 15) is 9.90 Å². The summed E-state index contributed by atoms with van der Waals surface area (Å²) in [5.74, 6) is 0.638. The lowest BCUT2D eigenvalue weighted by atomic mass is 9.93. The Hall–Kier alpha value is -1.77. The summed E-state index contributed by atoms with van der Waals surface area (Å²) in [6.45, 7) is 11.0. The molecule has 1 unspecified atom stereocenters. The molecule has 0 saturated carbocycles. The van der Waals surface area contributed by atoms with Crippen molar-refractivity contribution in [2.45, 2.75) is 58.6 Å². The predicted octanol–water partition coefficient (Wildman–Crippen LogP) is 4.19. The summed E-state index contributed by atoms with van der Waals surface area (Å²) in [5.41, 5.74) is 0.865. The van der Waals surface area contributed by atoms with Gasteiger partial charge in [0.2, 0.25) is 0 Å². The van der Waals surface area contributed by atoms with Crippen molar-refractivity contribution in [2.75, 3.05) is 37.7 Å². The number of thiophene rings is 1. The van der Waals surface area contributed by atoms with Crippen molar-refractivity contribution in [2.24, 2.45) is 5.92 Å². The molecule has 4 heterocycles. The Morgan fingerprint density at radius 3 is 2.53 bits per heavy atom. The lowest BCUT2D eigenvalue weighted by Gasteiger charge is -2.40. The highest BCUT2D eigenvalue weighted by molar-refractivity contribution is 7.20. The Bertz CT molecular complexity index is 886. The van der Waals surface area contributed by atoms with Crippen molar-refractivity contribution >= 4 is 33.3 Å². The number of fused-ring (bicyclic) bond motifs is 1. The van der Waals surface area contributed by atoms with Crippen LogP contribution in [0.5, 0.6) is 0 Å². The first-order chi connectivity index (χ1) is 14.5. The summed E-state index contributed by atoms with van der Waals surface area (Å²) in [7, 11) is 0. The van der Waals surface area contributed by atoms with E-state index in [1.165, 1.54) is 24.2 Å². The maximum absolute atomic E-state index is 11.8. The number of rotatable bonds is 7. The van der Waals surface area contributed by atoms with Gasteiger partial charge in [-0.05, 0) is 44.1 Å². The Balaban J connectivity index is 1.58. The van der Waals surface area contributed by atoms with Crippen LogP contribution in [0, 0.1) is 5.92 Å². The van der Waals surface area contributed by atoms with Gasteiger partial charge in [-0.15, -0.1) is 11.3 Å². The van der Waals surface area contributed by atoms with Crippen molar-refractivity contribution < 1.29 is 14.6 Å². The Morgan fingerprint density at radius 2 is 1.93 bits per heavy atom. The minimum atomic E-state index is -0.878. The number of carboxylic acids is 1. The molecule has 0 amide bonds. The van der Waals surface area contributed by atoms with Crippen molar-refractivity contribution in [3.8, 4) is 0 Å². The Labute approximate surface area is 182 Å². The van der Waals surface area contributed by atoms with Crippen molar-refractivity contribution in [3.05, 3.63) is 16.8 Å². The number of carboxylic acid groups (broad SMARTS) is 1. The van der Waals surface area contributed by atoms with Crippen LogP contribution >= 0.6 is 11.3 Å². The molecule has 2 aromatic heterocycles. The van der Waals surface area contributed by atoms with Gasteiger partial charge in [0.15, 0.2) is 0 Å². The van der Waals surface area contributed by atoms with E-state index in [1.54, 1.807) is 6.33 Å². The SMILES string of the molecule is CCOC(C1CCN(c2ncnc3sc(C(=O)O)c(C(C)C)c23)CC1)N1CCCC1. The maximum Gasteiger partial charge on any atom is 0.346 e. The largest absolute Gasteiger partial charge is 0.477 e. The molecule has 4 rings (SSSR count). The van der Waals surface area contributed by atoms with Crippen LogP contribution < -0.4 is 4.90 Å². The van der Waals surface area contributed by atoms with Crippen LogP contribution in [-0.2, 0) is 4.74 Å². The van der Waals surface area contributed by atoms with Crippen LogP contribution in [0.15, 0.2) is 6.33 Å². The lowest BCUT2D eigenvalue weighted by molar-refractivity contribution is -0.0858. The molecule has 8 heteroatoms. The molecule has 0 spiro atoms. The van der Waals surface area contributed by atoms with Gasteiger partial charge < -0.3 is 14.7 Å². The minimum Gasteiger partial charge on any atom is -0.477 e. The summed E-state index contributed by atoms with van der Waals surface area (Å²) in [6.07, 6.45) is 6.44. The molecule has 0 aliphatic carbocycles. The van der Waals surface area contributed by atoms with Gasteiger partial charge in [-0.2, -0.15) is 0 Å². The smallest absolute Gasteiger partial charge is 0.346 e. The quantitative estimate of drug-likeness (QED) is 0.703. The fourth-order valence-corrected chi connectivity index (χ4v) is 6.12. The molecule has 30 heavy (non-hydrogen) atoms. The molecule has 2 aliphatic rings. The third-order valence-electron chi connectivity index (χ3n) is 6.36. The van der Waals surface area contributed by atoms with Gasteiger partial charge in [-0.3, -0.25) is 4.90 Å². The van der Waals surface area contributed by atoms with E-state index in [1.807, 2.05) is 13.8 Å². The van der Waals surface area contributed by atoms with E-state index < -0.39 is 5.97 Å². The fraction of sp³-hybridized carbons (Fsp3) is 0.682. The number of hydrogen-bond acceptors (Lipinski definition) is 7. The molecule has 164 valence electrons. The zero-order valence-electron chi connectivity index (χ0n) is 18.1. The zero-order valence-corrected chi connectivity index (χ0v) is 19.0. The molecular weight excluding hydrogens is 400 g/mol. The number of likely N-dealkylation sites (tertiary alicyclic amines) is 1. The normalized spacial score (nSPS) is 19.8. The maximum atomic E-state index is 11.8. The van der Waals surface area contributed by atoms with Crippen molar-refractivity contribution in [1.82, 2.24) is 14.9 Å². The van der Waals surface area contributed by atoms with Gasteiger partial charge >= 0.3 is 5.97 Å². The number of hydrogen-bond donors (Lipinski definition) is 1. The van der Waals surface area contributed by atoms with Gasteiger partial charge in [-0.25, -0.2) is 14.8 Å². The van der Waals surface area contributed by atoms with Crippen LogP contribution in [0.3, 0.4) is 0 Å². The Morgan fingerprint density at radius 1 is 1.23 bits per heavy atom. The average molecular weight is 433 g/mol. The van der Waals surface area contributed by atoms with Crippen molar-refractivity contribution in [1.29, 1.82) is 0 Å². The number of anilines is 1. The van der Waals surface area contributed by atoms with Crippen LogP contribution in [0.1, 0.15) is 67.6 Å². The molecule has 1 N–H and O–H groups in total. The van der Waals surface area contributed by atoms with E-state index in [-0.39, 0.29) is 12.1 Å². The van der Waals surface area contributed by atoms with Crippen LogP contribution in [0.2, 0.25) is 0 Å². The van der Waals surface area contributed by atoms with Crippen LogP contribution in [0.25, 0.3) is 10.2 Å². The summed E-state index contributed by atoms with van der Waals surface area (Å²) in [5, 5.41) is 10.6. The number of ether oxygens (including phenoxy) is 1. The fourth-order valence-electron chi connectivity index (χ4n) is 4.99. The summed E-state index contributed by atoms with van der Waals surface area (Å²) < 4.78 is 6.18. The highest BCUT2D eigenvalue weighted by Gasteiger charge is 2.34. The number of aromatic nitrogens is 2. The summed E-state index contributed by atoms with van der Waals surface area (Å²) in [6, 6.07) is 0. The molecule has 0 aromatic carbocycles. The second-order valence-electron chi connectivity index (χ2n) is 8.60. The first-order valence-electron chi connectivity index (χ1n) is 11.1. The number of nitrogens with zero attached hydrogens (tertiary/aromatic N) is 4. The predicted molar refractivity (Wildman–Crippen MR) is 120 cm³/mol. The van der Waals surface area contributed by atoms with E-state index in [0.29, 0.717) is 10.8 Å². The van der Waals surface area contributed by atoms with Gasteiger partial charge in [-0.1, -0.05) is 13.8 Å². The van der Waals surface area contributed by atoms with Gasteiger partial charge in [0, 0.05) is 38.7 Å². The number of piperidine rings is 1. The molecule has 7 nitrogen and oxygen atoms in total. The van der Waals surface area contributed by atoms with Crippen LogP contribution in [0.4, 0.5) is 5.82 Å². The zero-order chi connectivity index (χ0) is 21.3. The summed E-state index contributed by atoms with van der Waals surface area (Å²) >= 11 is 1.26. The second-order valence-corrected chi connectivity index (χ2v) is 9.59. The highest BCUT2D eigenvalue weighted by Crippen LogP contribution is 2.40. The third kappa shape index (κ3) is 4.05. The molecule has 2 saturated heterocycles. The van der Waals surface area contributed by atoms with Gasteiger partial charge in [0.25, 0.3) is 0 Å². The molecule has 1 atom stereocenters. The van der Waals surface area contributed by atoms with Crippen LogP contribution in [-0.4, -0.2) is 65.0 Å². The first kappa shape index (κ1) is 21.5. The monoisotopic (exact) mass is 432 g/mol. The van der Waals surface area contributed by atoms with Gasteiger partial charge in [0.1, 0.15) is 28.1 Å². The van der Waals surface area contributed by atoms with E-state index in [2.05, 4.69) is 26.7 Å². The molecule has 2 aromatic rings. The summed E-state index contributed by atoms with van der Waals surface area (Å²) in [4.78, 5) is 26.8. The molecule has 2 fully saturated rings. The van der Waals surface area contributed by atoms with E-state index >= 15 is 0 Å². The second kappa shape index (κ2) is 9.16. The molecule has 0 radical (unpaired) electrons. The van der Waals surface area contributed by atoms with E-state index in [4.69, 9.17) is 4.74 Å². The van der Waals surface area contributed by atoms with Crippen molar-refractivity contribution in [3.63, 3.8) is 0 Å². The highest BCUT2D eigenvalue weighted by atomic mass is 32.1. The number of carbonyl (C=O) groups is 1. The molecule has 2 aliphatic heterocycles. The first-order valence-corrected chi connectivity index (χ1v) is 11.9. The Kier molecular flexibility index (Phi) is 6.55. The third-order valence-corrected chi connectivity index (χ3v) is 7.46. The standard InChI is InChI=1S/C22H32N4O3S/c1-4-29-21(26-9-5-6-10-26)15-7-11-25(12-8-15)19-17-16(14(2)3)18(22(27)28)30-20(17)24-13-23-19/h13-15,21H,4-12H2,1-3H3,(H,27,28). The number of aromatic carboxylic acids is 1. The molecule has 0 bridgehead atoms. The van der Waals surface area contributed by atoms with E-state index in [0.717, 1.165) is 67.2 Å². The topological polar surface area (TPSA) is 78.8 Å². The minimum absolute atomic E-state index is 0.102. The average Bonchev–Trinajstić information content (AvgIpc) is 3.40. The lowest BCUT2D eigenvalue weighted by Crippen LogP contribution is -2.46.